The van der Waals surface area contributed by atoms with Crippen LogP contribution in [-0.4, -0.2) is 51.7 Å². The normalized spacial score (nSPS) is 16.7. The molecule has 1 aromatic heterocycles. The van der Waals surface area contributed by atoms with E-state index >= 15 is 0 Å². The van der Waals surface area contributed by atoms with E-state index in [2.05, 4.69) is 10.00 Å². The van der Waals surface area contributed by atoms with Gasteiger partial charge in [0.2, 0.25) is 5.91 Å². The molecule has 0 N–H and O–H groups in total. The third kappa shape index (κ3) is 4.55. The van der Waals surface area contributed by atoms with Crippen molar-refractivity contribution in [1.29, 1.82) is 0 Å². The minimum Gasteiger partial charge on any atom is -0.340 e. The van der Waals surface area contributed by atoms with Gasteiger partial charge in [-0.3, -0.25) is 14.4 Å². The lowest BCUT2D eigenvalue weighted by Crippen LogP contribution is -2.50. The van der Waals surface area contributed by atoms with Crippen LogP contribution in [0.5, 0.6) is 0 Å². The minimum absolute atomic E-state index is 0.0974. The van der Waals surface area contributed by atoms with Gasteiger partial charge in [0.1, 0.15) is 5.82 Å². The lowest BCUT2D eigenvalue weighted by molar-refractivity contribution is -0.137. The number of carbonyl (C=O) groups excluding carboxylic acids is 1. The Labute approximate surface area is 162 Å². The highest BCUT2D eigenvalue weighted by Gasteiger charge is 2.26. The predicted octanol–water partition coefficient (Wildman–Crippen LogP) is 3.31. The minimum atomic E-state index is -0.289. The van der Waals surface area contributed by atoms with Crippen molar-refractivity contribution < 1.29 is 9.18 Å². The molecule has 2 aromatic rings. The molecule has 0 saturated carbocycles. The second-order valence-electron chi connectivity index (χ2n) is 6.58. The van der Waals surface area contributed by atoms with Crippen LogP contribution in [0.15, 0.2) is 30.6 Å². The fraction of sp³-hybridized carbons (Fsp3) is 0.444. The van der Waals surface area contributed by atoms with E-state index in [-0.39, 0.29) is 17.6 Å². The van der Waals surface area contributed by atoms with Crippen molar-refractivity contribution in [3.63, 3.8) is 0 Å². The summed E-state index contributed by atoms with van der Waals surface area (Å²) in [5.74, 6) is -0.374. The van der Waals surface area contributed by atoms with Gasteiger partial charge in [0.15, 0.2) is 0 Å². The molecule has 8 heteroatoms. The molecule has 1 amide bonds. The van der Waals surface area contributed by atoms with Crippen LogP contribution in [0.1, 0.15) is 12.5 Å². The van der Waals surface area contributed by atoms with Crippen molar-refractivity contribution in [2.24, 2.45) is 5.92 Å². The van der Waals surface area contributed by atoms with E-state index in [0.717, 1.165) is 0 Å². The van der Waals surface area contributed by atoms with Crippen LogP contribution >= 0.6 is 23.2 Å². The Morgan fingerprint density at radius 2 is 2.00 bits per heavy atom. The van der Waals surface area contributed by atoms with Crippen LogP contribution < -0.4 is 0 Å². The number of hydrogen-bond donors (Lipinski definition) is 0. The van der Waals surface area contributed by atoms with Crippen molar-refractivity contribution >= 4 is 29.1 Å². The van der Waals surface area contributed by atoms with Crippen LogP contribution in [-0.2, 0) is 17.9 Å². The van der Waals surface area contributed by atoms with Crippen molar-refractivity contribution in [3.05, 3.63) is 52.0 Å². The van der Waals surface area contributed by atoms with Crippen LogP contribution in [0, 0.1) is 11.7 Å². The molecule has 3 rings (SSSR count). The fourth-order valence-corrected chi connectivity index (χ4v) is 3.52. The maximum Gasteiger partial charge on any atom is 0.227 e. The first-order valence-corrected chi connectivity index (χ1v) is 9.31. The molecule has 1 atom stereocenters. The van der Waals surface area contributed by atoms with E-state index < -0.39 is 0 Å². The summed E-state index contributed by atoms with van der Waals surface area (Å²) in [5.41, 5.74) is 0.512. The smallest absolute Gasteiger partial charge is 0.227 e. The molecule has 1 saturated heterocycles. The second kappa shape index (κ2) is 8.37. The first-order valence-electron chi connectivity index (χ1n) is 8.56. The number of rotatable bonds is 5. The summed E-state index contributed by atoms with van der Waals surface area (Å²) in [7, 11) is 0. The molecule has 2 heterocycles. The van der Waals surface area contributed by atoms with Crippen LogP contribution in [0.25, 0.3) is 0 Å². The topological polar surface area (TPSA) is 41.4 Å². The summed E-state index contributed by atoms with van der Waals surface area (Å²) in [6.07, 6.45) is 3.27. The first-order chi connectivity index (χ1) is 12.4. The standard InChI is InChI=1S/C18H21Cl2FN4O/c1-13(10-25-11-14(19)9-22-25)18(26)24-7-5-23(6-8-24)12-15-16(20)3-2-4-17(15)21/h2-4,9,11,13H,5-8,10,12H2,1H3. The molecule has 0 bridgehead atoms. The van der Waals surface area contributed by atoms with Crippen molar-refractivity contribution in [3.8, 4) is 0 Å². The van der Waals surface area contributed by atoms with Gasteiger partial charge in [-0.2, -0.15) is 5.10 Å². The number of amides is 1. The Hall–Kier alpha value is -1.63. The number of benzene rings is 1. The molecule has 1 fully saturated rings. The Morgan fingerprint density at radius 3 is 2.62 bits per heavy atom. The van der Waals surface area contributed by atoms with E-state index in [1.165, 1.54) is 6.07 Å². The van der Waals surface area contributed by atoms with E-state index in [9.17, 15) is 9.18 Å². The highest BCUT2D eigenvalue weighted by molar-refractivity contribution is 6.31. The number of piperazine rings is 1. The molecule has 1 unspecified atom stereocenters. The summed E-state index contributed by atoms with van der Waals surface area (Å²) in [4.78, 5) is 16.6. The summed E-state index contributed by atoms with van der Waals surface area (Å²) < 4.78 is 15.6. The Balaban J connectivity index is 1.52. The van der Waals surface area contributed by atoms with E-state index in [0.29, 0.717) is 54.9 Å². The van der Waals surface area contributed by atoms with Gasteiger partial charge in [0.05, 0.1) is 23.7 Å². The van der Waals surface area contributed by atoms with Gasteiger partial charge in [-0.25, -0.2) is 4.39 Å². The summed E-state index contributed by atoms with van der Waals surface area (Å²) in [5, 5.41) is 5.12. The van der Waals surface area contributed by atoms with Crippen LogP contribution in [0.4, 0.5) is 4.39 Å². The van der Waals surface area contributed by atoms with Gasteiger partial charge in [0, 0.05) is 49.5 Å². The van der Waals surface area contributed by atoms with Gasteiger partial charge in [-0.05, 0) is 12.1 Å². The fourth-order valence-electron chi connectivity index (χ4n) is 3.14. The van der Waals surface area contributed by atoms with E-state index in [4.69, 9.17) is 23.2 Å². The van der Waals surface area contributed by atoms with E-state index in [1.807, 2.05) is 11.8 Å². The van der Waals surface area contributed by atoms with Crippen molar-refractivity contribution in [2.45, 2.75) is 20.0 Å². The van der Waals surface area contributed by atoms with Gasteiger partial charge in [0.25, 0.3) is 0 Å². The first kappa shape index (κ1) is 19.1. The summed E-state index contributed by atoms with van der Waals surface area (Å²) in [6, 6.07) is 4.72. The average molecular weight is 399 g/mol. The van der Waals surface area contributed by atoms with Gasteiger partial charge in [-0.15, -0.1) is 0 Å². The predicted molar refractivity (Wildman–Crippen MR) is 99.7 cm³/mol. The van der Waals surface area contributed by atoms with Crippen LogP contribution in [0.3, 0.4) is 0 Å². The summed E-state index contributed by atoms with van der Waals surface area (Å²) >= 11 is 12.0. The molecule has 0 radical (unpaired) electrons. The number of nitrogens with zero attached hydrogens (tertiary/aromatic N) is 4. The number of carbonyl (C=O) groups is 1. The van der Waals surface area contributed by atoms with Crippen molar-refractivity contribution in [1.82, 2.24) is 19.6 Å². The largest absolute Gasteiger partial charge is 0.340 e. The molecule has 1 aliphatic heterocycles. The molecule has 5 nitrogen and oxygen atoms in total. The highest BCUT2D eigenvalue weighted by atomic mass is 35.5. The molecular formula is C18H21Cl2FN4O. The zero-order valence-corrected chi connectivity index (χ0v) is 16.0. The third-order valence-electron chi connectivity index (χ3n) is 4.61. The Kier molecular flexibility index (Phi) is 6.16. The summed E-state index contributed by atoms with van der Waals surface area (Å²) in [6.45, 7) is 5.46. The molecule has 140 valence electrons. The lowest BCUT2D eigenvalue weighted by atomic mass is 10.1. The van der Waals surface area contributed by atoms with Gasteiger partial charge in [-0.1, -0.05) is 36.2 Å². The Morgan fingerprint density at radius 1 is 1.27 bits per heavy atom. The second-order valence-corrected chi connectivity index (χ2v) is 7.43. The third-order valence-corrected chi connectivity index (χ3v) is 5.16. The number of hydrogen-bond acceptors (Lipinski definition) is 3. The maximum atomic E-state index is 13.9. The lowest BCUT2D eigenvalue weighted by Gasteiger charge is -2.36. The molecule has 1 aromatic carbocycles. The number of halogens is 3. The van der Waals surface area contributed by atoms with E-state index in [1.54, 1.807) is 29.2 Å². The SMILES string of the molecule is CC(Cn1cc(Cl)cn1)C(=O)N1CCN(Cc2c(F)cccc2Cl)CC1. The van der Waals surface area contributed by atoms with Crippen LogP contribution in [0.2, 0.25) is 10.0 Å². The van der Waals surface area contributed by atoms with Gasteiger partial charge < -0.3 is 4.90 Å². The highest BCUT2D eigenvalue weighted by Crippen LogP contribution is 2.21. The molecular weight excluding hydrogens is 378 g/mol. The van der Waals surface area contributed by atoms with Gasteiger partial charge >= 0.3 is 0 Å². The quantitative estimate of drug-likeness (QED) is 0.775. The average Bonchev–Trinajstić information content (AvgIpc) is 3.03. The molecule has 0 spiro atoms. The Bertz CT molecular complexity index is 754. The zero-order chi connectivity index (χ0) is 18.7. The van der Waals surface area contributed by atoms with Crippen molar-refractivity contribution in [2.75, 3.05) is 26.2 Å². The number of aromatic nitrogens is 2. The zero-order valence-electron chi connectivity index (χ0n) is 14.5. The molecule has 1 aliphatic rings. The monoisotopic (exact) mass is 398 g/mol. The molecule has 0 aliphatic carbocycles. The molecule has 26 heavy (non-hydrogen) atoms. The maximum absolute atomic E-state index is 13.9.